The van der Waals surface area contributed by atoms with Gasteiger partial charge < -0.3 is 4.90 Å². The summed E-state index contributed by atoms with van der Waals surface area (Å²) in [6, 6.07) is 12.9. The maximum absolute atomic E-state index is 12.9. The van der Waals surface area contributed by atoms with Gasteiger partial charge in [0.2, 0.25) is 10.0 Å². The third-order valence-corrected chi connectivity index (χ3v) is 10.1. The third-order valence-electron chi connectivity index (χ3n) is 8.51. The molecule has 2 aromatic rings. The molecule has 0 radical (unpaired) electrons. The summed E-state index contributed by atoms with van der Waals surface area (Å²) in [6.07, 6.45) is 10.9. The number of hydrogen-bond donors (Lipinski definition) is 1. The monoisotopic (exact) mass is 476 g/mol. The first kappa shape index (κ1) is 22.1. The Morgan fingerprint density at radius 3 is 2.41 bits per heavy atom. The second-order valence-corrected chi connectivity index (χ2v) is 12.4. The molecular weight excluding hydrogens is 444 g/mol. The highest BCUT2D eigenvalue weighted by Crippen LogP contribution is 2.53. The van der Waals surface area contributed by atoms with Crippen LogP contribution in [0.2, 0.25) is 0 Å². The lowest BCUT2D eigenvalue weighted by molar-refractivity contribution is 0.360. The summed E-state index contributed by atoms with van der Waals surface area (Å²) in [5, 5.41) is 10.2. The van der Waals surface area contributed by atoms with E-state index in [0.717, 1.165) is 36.9 Å². The lowest BCUT2D eigenvalue weighted by atomic mass is 9.79. The van der Waals surface area contributed by atoms with Crippen LogP contribution in [0.25, 0.3) is 0 Å². The molecular formula is C27H32N4O2S. The van der Waals surface area contributed by atoms with E-state index < -0.39 is 10.0 Å². The average molecular weight is 477 g/mol. The molecule has 4 aliphatic rings. The van der Waals surface area contributed by atoms with Crippen LogP contribution in [-0.2, 0) is 10.0 Å². The van der Waals surface area contributed by atoms with Gasteiger partial charge >= 0.3 is 0 Å². The number of nitrogens with one attached hydrogen (secondary N) is 1. The standard InChI is InChI=1S/C27H32N4O2S/c1-17(18-8-9-18)30-34(32,33)22-11-13-25(29-16-22)27-24(15-28)23-12-10-20(19-4-2-5-19)14-26(23)31(27)21-6-3-7-21/h10-14,16-19,21,24,27,30H,2-9H2,1H3/t17-,24?,27?/m0/s1. The Kier molecular flexibility index (Phi) is 5.42. The molecule has 0 saturated heterocycles. The second-order valence-electron chi connectivity index (χ2n) is 10.7. The van der Waals surface area contributed by atoms with Crippen LogP contribution in [-0.4, -0.2) is 25.5 Å². The molecule has 0 bridgehead atoms. The molecule has 1 aliphatic heterocycles. The second kappa shape index (κ2) is 8.35. The van der Waals surface area contributed by atoms with Crippen LogP contribution in [0.1, 0.15) is 93.0 Å². The Balaban J connectivity index is 1.33. The van der Waals surface area contributed by atoms with E-state index in [1.165, 1.54) is 43.1 Å². The Labute approximate surface area is 202 Å². The molecule has 1 aromatic carbocycles. The number of aromatic nitrogens is 1. The van der Waals surface area contributed by atoms with Crippen molar-refractivity contribution in [1.82, 2.24) is 9.71 Å². The number of pyridine rings is 1. The highest BCUT2D eigenvalue weighted by Gasteiger charge is 2.45. The van der Waals surface area contributed by atoms with Gasteiger partial charge in [0.1, 0.15) is 4.90 Å². The van der Waals surface area contributed by atoms with Crippen LogP contribution in [0.15, 0.2) is 41.4 Å². The smallest absolute Gasteiger partial charge is 0.242 e. The van der Waals surface area contributed by atoms with Gasteiger partial charge in [0.05, 0.1) is 23.7 Å². The van der Waals surface area contributed by atoms with E-state index in [2.05, 4.69) is 38.9 Å². The molecule has 3 fully saturated rings. The zero-order valence-corrected chi connectivity index (χ0v) is 20.5. The van der Waals surface area contributed by atoms with Crippen molar-refractivity contribution in [3.63, 3.8) is 0 Å². The van der Waals surface area contributed by atoms with Gasteiger partial charge in [-0.3, -0.25) is 4.98 Å². The first-order chi connectivity index (χ1) is 16.5. The molecule has 3 atom stereocenters. The fourth-order valence-corrected chi connectivity index (χ4v) is 7.05. The summed E-state index contributed by atoms with van der Waals surface area (Å²) in [4.78, 5) is 7.26. The lowest BCUT2D eigenvalue weighted by Crippen LogP contribution is -2.41. The van der Waals surface area contributed by atoms with Gasteiger partial charge in [-0.05, 0) is 93.0 Å². The van der Waals surface area contributed by atoms with Gasteiger partial charge in [0, 0.05) is 24.0 Å². The first-order valence-electron chi connectivity index (χ1n) is 12.8. The Hall–Kier alpha value is -2.43. The molecule has 3 saturated carbocycles. The summed E-state index contributed by atoms with van der Waals surface area (Å²) in [6.45, 7) is 1.93. The van der Waals surface area contributed by atoms with Crippen molar-refractivity contribution in [2.45, 2.75) is 93.1 Å². The van der Waals surface area contributed by atoms with Gasteiger partial charge in [0.25, 0.3) is 0 Å². The van der Waals surface area contributed by atoms with E-state index in [9.17, 15) is 13.7 Å². The van der Waals surface area contributed by atoms with Crippen molar-refractivity contribution in [2.75, 3.05) is 4.90 Å². The lowest BCUT2D eigenvalue weighted by Gasteiger charge is -2.41. The molecule has 178 valence electrons. The zero-order chi connectivity index (χ0) is 23.4. The number of nitriles is 1. The fourth-order valence-electron chi connectivity index (χ4n) is 5.80. The van der Waals surface area contributed by atoms with E-state index in [-0.39, 0.29) is 22.9 Å². The quantitative estimate of drug-likeness (QED) is 0.597. The van der Waals surface area contributed by atoms with Crippen molar-refractivity contribution >= 4 is 15.7 Å². The molecule has 7 heteroatoms. The van der Waals surface area contributed by atoms with E-state index >= 15 is 0 Å². The molecule has 0 amide bonds. The highest BCUT2D eigenvalue weighted by molar-refractivity contribution is 7.89. The van der Waals surface area contributed by atoms with Crippen LogP contribution in [0.5, 0.6) is 0 Å². The van der Waals surface area contributed by atoms with Crippen LogP contribution >= 0.6 is 0 Å². The molecule has 2 unspecified atom stereocenters. The number of hydrogen-bond acceptors (Lipinski definition) is 5. The number of fused-ring (bicyclic) bond motifs is 1. The van der Waals surface area contributed by atoms with Crippen molar-refractivity contribution in [3.05, 3.63) is 53.3 Å². The van der Waals surface area contributed by atoms with Gasteiger partial charge in [0.15, 0.2) is 0 Å². The Morgan fingerprint density at radius 1 is 1.09 bits per heavy atom. The maximum Gasteiger partial charge on any atom is 0.242 e. The van der Waals surface area contributed by atoms with Gasteiger partial charge in [-0.25, -0.2) is 13.1 Å². The van der Waals surface area contributed by atoms with E-state index in [1.807, 2.05) is 13.0 Å². The minimum atomic E-state index is -3.60. The third kappa shape index (κ3) is 3.72. The number of rotatable bonds is 7. The minimum absolute atomic E-state index is 0.0593. The molecule has 34 heavy (non-hydrogen) atoms. The normalized spacial score (nSPS) is 25.8. The molecule has 1 aromatic heterocycles. The minimum Gasteiger partial charge on any atom is -0.358 e. The maximum atomic E-state index is 12.9. The molecule has 3 aliphatic carbocycles. The van der Waals surface area contributed by atoms with Crippen LogP contribution in [0, 0.1) is 17.2 Å². The molecule has 1 N–H and O–H groups in total. The van der Waals surface area contributed by atoms with E-state index in [4.69, 9.17) is 0 Å². The van der Waals surface area contributed by atoms with Crippen LogP contribution < -0.4 is 9.62 Å². The van der Waals surface area contributed by atoms with Crippen molar-refractivity contribution < 1.29 is 8.42 Å². The Morgan fingerprint density at radius 2 is 1.85 bits per heavy atom. The van der Waals surface area contributed by atoms with E-state index in [0.29, 0.717) is 17.9 Å². The highest BCUT2D eigenvalue weighted by atomic mass is 32.2. The molecule has 6 rings (SSSR count). The predicted octanol–water partition coefficient (Wildman–Crippen LogP) is 5.15. The summed E-state index contributed by atoms with van der Waals surface area (Å²) in [5.41, 5.74) is 4.43. The fraction of sp³-hybridized carbons (Fsp3) is 0.556. The van der Waals surface area contributed by atoms with Gasteiger partial charge in [-0.1, -0.05) is 18.6 Å². The summed E-state index contributed by atoms with van der Waals surface area (Å²) in [5.74, 6) is 0.770. The van der Waals surface area contributed by atoms with Crippen LogP contribution in [0.3, 0.4) is 0 Å². The molecule has 2 heterocycles. The Bertz CT molecular complexity index is 1220. The van der Waals surface area contributed by atoms with Gasteiger partial charge in [-0.2, -0.15) is 5.26 Å². The number of anilines is 1. The zero-order valence-electron chi connectivity index (χ0n) is 19.7. The number of benzene rings is 1. The van der Waals surface area contributed by atoms with Crippen molar-refractivity contribution in [1.29, 1.82) is 5.26 Å². The van der Waals surface area contributed by atoms with Crippen LogP contribution in [0.4, 0.5) is 5.69 Å². The number of nitrogens with zero attached hydrogens (tertiary/aromatic N) is 3. The predicted molar refractivity (Wildman–Crippen MR) is 131 cm³/mol. The van der Waals surface area contributed by atoms with E-state index in [1.54, 1.807) is 6.07 Å². The largest absolute Gasteiger partial charge is 0.358 e. The first-order valence-corrected chi connectivity index (χ1v) is 14.2. The molecule has 0 spiro atoms. The summed E-state index contributed by atoms with van der Waals surface area (Å²) in [7, 11) is -3.60. The SMILES string of the molecule is C[C@H](NS(=O)(=O)c1ccc(C2C(C#N)c3ccc(C4CCC4)cc3N2C2CCC2)nc1)C1CC1. The van der Waals surface area contributed by atoms with Crippen molar-refractivity contribution in [3.8, 4) is 6.07 Å². The van der Waals surface area contributed by atoms with Crippen molar-refractivity contribution in [2.24, 2.45) is 5.92 Å². The van der Waals surface area contributed by atoms with Gasteiger partial charge in [-0.15, -0.1) is 0 Å². The summed E-state index contributed by atoms with van der Waals surface area (Å²) >= 11 is 0. The summed E-state index contributed by atoms with van der Waals surface area (Å²) < 4.78 is 28.5. The average Bonchev–Trinajstić information content (AvgIpc) is 3.55. The molecule has 6 nitrogen and oxygen atoms in total. The number of sulfonamides is 1. The topological polar surface area (TPSA) is 86.1 Å².